The third-order valence-electron chi connectivity index (χ3n) is 4.25. The summed E-state index contributed by atoms with van der Waals surface area (Å²) in [5.41, 5.74) is 0.640. The zero-order chi connectivity index (χ0) is 16.7. The molecule has 1 aliphatic rings. The molecule has 0 aromatic heterocycles. The second kappa shape index (κ2) is 6.20. The summed E-state index contributed by atoms with van der Waals surface area (Å²) >= 11 is 17.9. The highest BCUT2D eigenvalue weighted by atomic mass is 35.6. The number of hydrogen-bond acceptors (Lipinski definition) is 3. The Morgan fingerprint density at radius 2 is 1.86 bits per heavy atom. The summed E-state index contributed by atoms with van der Waals surface area (Å²) in [5.74, 6) is -1.79. The number of Topliss-reactive ketones (excluding diaryl/α,β-unsaturated/α-hetero) is 2. The van der Waals surface area contributed by atoms with Gasteiger partial charge in [-0.05, 0) is 17.5 Å². The van der Waals surface area contributed by atoms with Crippen molar-refractivity contribution in [3.05, 3.63) is 34.9 Å². The van der Waals surface area contributed by atoms with Crippen LogP contribution in [0.15, 0.2) is 18.2 Å². The number of hydrogen-bond donors (Lipinski definition) is 0. The normalized spacial score (nSPS) is 25.9. The molecule has 2 rings (SSSR count). The van der Waals surface area contributed by atoms with Crippen molar-refractivity contribution in [2.75, 3.05) is 0 Å². The van der Waals surface area contributed by atoms with Gasteiger partial charge in [0.1, 0.15) is 11.7 Å². The van der Waals surface area contributed by atoms with Gasteiger partial charge in [-0.3, -0.25) is 9.59 Å². The van der Waals surface area contributed by atoms with Gasteiger partial charge in [0.15, 0.2) is 5.78 Å². The molecule has 6 heteroatoms. The van der Waals surface area contributed by atoms with Crippen LogP contribution < -0.4 is 0 Å². The van der Waals surface area contributed by atoms with Crippen molar-refractivity contribution in [2.24, 2.45) is 11.8 Å². The minimum Gasteiger partial charge on any atom is -0.299 e. The van der Waals surface area contributed by atoms with Gasteiger partial charge in [-0.15, -0.1) is 0 Å². The molecule has 3 nitrogen and oxygen atoms in total. The van der Waals surface area contributed by atoms with Crippen LogP contribution in [0.25, 0.3) is 0 Å². The first-order valence-corrected chi connectivity index (χ1v) is 7.98. The van der Waals surface area contributed by atoms with Crippen molar-refractivity contribution in [3.63, 3.8) is 0 Å². The number of carbonyl (C=O) groups excluding carboxylic acids is 2. The third kappa shape index (κ3) is 3.01. The van der Waals surface area contributed by atoms with Gasteiger partial charge in [-0.25, -0.2) is 0 Å². The lowest BCUT2D eigenvalue weighted by Gasteiger charge is -2.32. The van der Waals surface area contributed by atoms with Gasteiger partial charge in [0.25, 0.3) is 0 Å². The SMILES string of the molecule is CC1CC(=O)C(c2c(C#N)cccc2C(Cl)(Cl)Cl)C(=O)C1C. The Kier molecular flexibility index (Phi) is 4.87. The lowest BCUT2D eigenvalue weighted by Crippen LogP contribution is -2.38. The average Bonchev–Trinajstić information content (AvgIpc) is 2.44. The standard InChI is InChI=1S/C16H14Cl3NO2/c1-8-6-12(21)14(15(22)9(8)2)13-10(7-20)4-3-5-11(13)16(17,18)19/h3-5,8-9,14H,6H2,1-2H3. The van der Waals surface area contributed by atoms with Crippen molar-refractivity contribution in [1.82, 2.24) is 0 Å². The average molecular weight is 359 g/mol. The van der Waals surface area contributed by atoms with E-state index in [1.807, 2.05) is 13.0 Å². The van der Waals surface area contributed by atoms with Crippen molar-refractivity contribution in [3.8, 4) is 6.07 Å². The molecule has 0 N–H and O–H groups in total. The molecule has 1 fully saturated rings. The van der Waals surface area contributed by atoms with Crippen LogP contribution in [-0.2, 0) is 13.4 Å². The Hall–Kier alpha value is -1.08. The zero-order valence-electron chi connectivity index (χ0n) is 12.1. The van der Waals surface area contributed by atoms with Crippen LogP contribution in [0.4, 0.5) is 0 Å². The van der Waals surface area contributed by atoms with Crippen LogP contribution in [0.1, 0.15) is 42.9 Å². The molecule has 116 valence electrons. The van der Waals surface area contributed by atoms with E-state index in [1.54, 1.807) is 13.0 Å². The Labute approximate surface area is 144 Å². The number of halogens is 3. The van der Waals surface area contributed by atoms with Crippen molar-refractivity contribution >= 4 is 46.4 Å². The van der Waals surface area contributed by atoms with Gasteiger partial charge in [0.2, 0.25) is 3.79 Å². The van der Waals surface area contributed by atoms with Gasteiger partial charge in [0.05, 0.1) is 11.6 Å². The predicted molar refractivity (Wildman–Crippen MR) is 86.1 cm³/mol. The number of carbonyl (C=O) groups is 2. The molecule has 3 unspecified atom stereocenters. The first-order chi connectivity index (χ1) is 10.2. The highest BCUT2D eigenvalue weighted by Crippen LogP contribution is 2.45. The molecule has 22 heavy (non-hydrogen) atoms. The van der Waals surface area contributed by atoms with E-state index in [4.69, 9.17) is 34.8 Å². The molecule has 0 bridgehead atoms. The van der Waals surface area contributed by atoms with E-state index >= 15 is 0 Å². The molecule has 3 atom stereocenters. The second-order valence-electron chi connectivity index (χ2n) is 5.65. The molecule has 0 saturated heterocycles. The maximum Gasteiger partial charge on any atom is 0.216 e. The predicted octanol–water partition coefficient (Wildman–Crippen LogP) is 4.28. The quantitative estimate of drug-likeness (QED) is 0.556. The van der Waals surface area contributed by atoms with Crippen LogP contribution in [-0.4, -0.2) is 11.6 Å². The smallest absolute Gasteiger partial charge is 0.216 e. The largest absolute Gasteiger partial charge is 0.299 e. The maximum absolute atomic E-state index is 12.6. The number of nitrogens with zero attached hydrogens (tertiary/aromatic N) is 1. The van der Waals surface area contributed by atoms with Gasteiger partial charge < -0.3 is 0 Å². The molecule has 0 heterocycles. The molecule has 0 aliphatic heterocycles. The fourth-order valence-corrected chi connectivity index (χ4v) is 3.33. The van der Waals surface area contributed by atoms with Crippen molar-refractivity contribution in [1.29, 1.82) is 5.26 Å². The van der Waals surface area contributed by atoms with Gasteiger partial charge in [-0.1, -0.05) is 60.8 Å². The fourth-order valence-electron chi connectivity index (χ4n) is 2.84. The van der Waals surface area contributed by atoms with E-state index < -0.39 is 9.71 Å². The van der Waals surface area contributed by atoms with E-state index in [0.717, 1.165) is 0 Å². The molecule has 1 saturated carbocycles. The Morgan fingerprint density at radius 1 is 1.23 bits per heavy atom. The van der Waals surface area contributed by atoms with E-state index in [1.165, 1.54) is 12.1 Å². The molecule has 0 radical (unpaired) electrons. The van der Waals surface area contributed by atoms with Crippen LogP contribution in [0, 0.1) is 23.2 Å². The van der Waals surface area contributed by atoms with E-state index in [-0.39, 0.29) is 46.5 Å². The maximum atomic E-state index is 12.6. The lowest BCUT2D eigenvalue weighted by molar-refractivity contribution is -0.136. The number of benzene rings is 1. The number of alkyl halides is 3. The summed E-state index contributed by atoms with van der Waals surface area (Å²) in [6.45, 7) is 3.65. The first-order valence-electron chi connectivity index (χ1n) is 6.85. The zero-order valence-corrected chi connectivity index (χ0v) is 14.3. The summed E-state index contributed by atoms with van der Waals surface area (Å²) in [6.07, 6.45) is 0.274. The monoisotopic (exact) mass is 357 g/mol. The minimum absolute atomic E-state index is 0.0262. The van der Waals surface area contributed by atoms with Crippen LogP contribution in [0.2, 0.25) is 0 Å². The van der Waals surface area contributed by atoms with Crippen molar-refractivity contribution < 1.29 is 9.59 Å². The summed E-state index contributed by atoms with van der Waals surface area (Å²) in [5, 5.41) is 9.33. The molecule has 1 aliphatic carbocycles. The topological polar surface area (TPSA) is 57.9 Å². The Morgan fingerprint density at radius 3 is 2.41 bits per heavy atom. The number of nitriles is 1. The first kappa shape index (κ1) is 17.3. The van der Waals surface area contributed by atoms with E-state index in [0.29, 0.717) is 0 Å². The van der Waals surface area contributed by atoms with Crippen LogP contribution in [0.5, 0.6) is 0 Å². The minimum atomic E-state index is -1.81. The highest BCUT2D eigenvalue weighted by Gasteiger charge is 2.43. The van der Waals surface area contributed by atoms with Crippen molar-refractivity contribution in [2.45, 2.75) is 30.0 Å². The third-order valence-corrected chi connectivity index (χ3v) is 4.86. The highest BCUT2D eigenvalue weighted by molar-refractivity contribution is 6.66. The second-order valence-corrected chi connectivity index (χ2v) is 7.93. The number of rotatable bonds is 1. The Balaban J connectivity index is 2.68. The molecule has 1 aromatic carbocycles. The van der Waals surface area contributed by atoms with Gasteiger partial charge in [0, 0.05) is 17.9 Å². The molecule has 0 spiro atoms. The Bertz CT molecular complexity index is 673. The van der Waals surface area contributed by atoms with Gasteiger partial charge >= 0.3 is 0 Å². The summed E-state index contributed by atoms with van der Waals surface area (Å²) in [7, 11) is 0. The van der Waals surface area contributed by atoms with E-state index in [9.17, 15) is 14.9 Å². The van der Waals surface area contributed by atoms with Gasteiger partial charge in [-0.2, -0.15) is 5.26 Å². The lowest BCUT2D eigenvalue weighted by atomic mass is 9.70. The van der Waals surface area contributed by atoms with E-state index in [2.05, 4.69) is 0 Å². The molecule has 1 aromatic rings. The fraction of sp³-hybridized carbons (Fsp3) is 0.438. The summed E-state index contributed by atoms with van der Waals surface area (Å²) < 4.78 is -1.81. The molecular weight excluding hydrogens is 345 g/mol. The molecular formula is C16H14Cl3NO2. The summed E-state index contributed by atoms with van der Waals surface area (Å²) in [4.78, 5) is 25.1. The number of ketones is 2. The molecule has 0 amide bonds. The summed E-state index contributed by atoms with van der Waals surface area (Å²) in [6, 6.07) is 6.63. The van der Waals surface area contributed by atoms with Crippen LogP contribution >= 0.6 is 34.8 Å². The van der Waals surface area contributed by atoms with Crippen LogP contribution in [0.3, 0.4) is 0 Å².